The van der Waals surface area contributed by atoms with E-state index in [0.29, 0.717) is 16.3 Å². The number of rotatable bonds is 6. The molecule has 0 aliphatic carbocycles. The van der Waals surface area contributed by atoms with Crippen LogP contribution >= 0.6 is 11.6 Å². The highest BCUT2D eigenvalue weighted by atomic mass is 35.5. The van der Waals surface area contributed by atoms with Crippen LogP contribution in [0.15, 0.2) is 67.3 Å². The standard InChI is InChI=1S/C21H21ClN4O2/c1-14(2)19(25-20(27)15-6-4-3-5-7-15)21(28)24-16-8-9-18(17(22)12-16)26-11-10-23-13-26/h3-14,19H,1-2H3,(H,24,28)(H,25,27). The molecule has 1 aromatic heterocycles. The molecule has 0 spiro atoms. The van der Waals surface area contributed by atoms with Crippen LogP contribution in [0.2, 0.25) is 5.02 Å². The Balaban J connectivity index is 1.72. The van der Waals surface area contributed by atoms with E-state index in [0.717, 1.165) is 5.69 Å². The zero-order chi connectivity index (χ0) is 20.1. The number of hydrogen-bond donors (Lipinski definition) is 2. The molecular weight excluding hydrogens is 376 g/mol. The summed E-state index contributed by atoms with van der Waals surface area (Å²) in [6, 6.07) is 13.4. The van der Waals surface area contributed by atoms with Crippen molar-refractivity contribution in [1.29, 1.82) is 0 Å². The maximum absolute atomic E-state index is 12.8. The minimum absolute atomic E-state index is 0.0895. The van der Waals surface area contributed by atoms with Gasteiger partial charge >= 0.3 is 0 Å². The van der Waals surface area contributed by atoms with Crippen molar-refractivity contribution >= 4 is 29.1 Å². The normalized spacial score (nSPS) is 11.9. The van der Waals surface area contributed by atoms with Crippen molar-refractivity contribution in [2.45, 2.75) is 19.9 Å². The fraction of sp³-hybridized carbons (Fsp3) is 0.190. The van der Waals surface area contributed by atoms with E-state index >= 15 is 0 Å². The van der Waals surface area contributed by atoms with Gasteiger partial charge in [0.2, 0.25) is 5.91 Å². The van der Waals surface area contributed by atoms with Gasteiger partial charge < -0.3 is 15.2 Å². The van der Waals surface area contributed by atoms with E-state index in [9.17, 15) is 9.59 Å². The van der Waals surface area contributed by atoms with Crippen LogP contribution in [-0.2, 0) is 4.79 Å². The number of carbonyl (C=O) groups is 2. The Labute approximate surface area is 168 Å². The summed E-state index contributed by atoms with van der Waals surface area (Å²) in [5, 5.41) is 6.11. The topological polar surface area (TPSA) is 76.0 Å². The Morgan fingerprint density at radius 3 is 2.46 bits per heavy atom. The van der Waals surface area contributed by atoms with Crippen LogP contribution in [0.5, 0.6) is 0 Å². The highest BCUT2D eigenvalue weighted by Crippen LogP contribution is 2.24. The van der Waals surface area contributed by atoms with Crippen LogP contribution < -0.4 is 10.6 Å². The van der Waals surface area contributed by atoms with Crippen LogP contribution in [0.1, 0.15) is 24.2 Å². The quantitative estimate of drug-likeness (QED) is 0.663. The van der Waals surface area contributed by atoms with Crippen molar-refractivity contribution in [3.8, 4) is 5.69 Å². The van der Waals surface area contributed by atoms with Crippen LogP contribution in [0.25, 0.3) is 5.69 Å². The summed E-state index contributed by atoms with van der Waals surface area (Å²) in [5.41, 5.74) is 1.82. The number of halogens is 1. The number of aromatic nitrogens is 2. The fourth-order valence-corrected chi connectivity index (χ4v) is 3.04. The first-order valence-electron chi connectivity index (χ1n) is 8.90. The first-order valence-corrected chi connectivity index (χ1v) is 9.28. The molecule has 1 atom stereocenters. The summed E-state index contributed by atoms with van der Waals surface area (Å²) in [7, 11) is 0. The molecule has 1 heterocycles. The number of benzene rings is 2. The highest BCUT2D eigenvalue weighted by molar-refractivity contribution is 6.32. The maximum atomic E-state index is 12.8. The third-order valence-corrected chi connectivity index (χ3v) is 4.57. The molecule has 2 aromatic carbocycles. The Morgan fingerprint density at radius 1 is 1.11 bits per heavy atom. The van der Waals surface area contributed by atoms with E-state index in [-0.39, 0.29) is 17.7 Å². The molecule has 3 rings (SSSR count). The minimum Gasteiger partial charge on any atom is -0.340 e. The van der Waals surface area contributed by atoms with Gasteiger partial charge in [0.1, 0.15) is 6.04 Å². The molecule has 0 saturated heterocycles. The molecule has 6 nitrogen and oxygen atoms in total. The van der Waals surface area contributed by atoms with Gasteiger partial charge in [-0.2, -0.15) is 0 Å². The first-order chi connectivity index (χ1) is 13.5. The van der Waals surface area contributed by atoms with Crippen molar-refractivity contribution in [3.63, 3.8) is 0 Å². The van der Waals surface area contributed by atoms with E-state index in [1.54, 1.807) is 65.8 Å². The molecule has 7 heteroatoms. The van der Waals surface area contributed by atoms with Gasteiger partial charge in [-0.15, -0.1) is 0 Å². The predicted octanol–water partition coefficient (Wildman–Crippen LogP) is 3.92. The number of hydrogen-bond acceptors (Lipinski definition) is 3. The molecule has 0 aliphatic heterocycles. The molecule has 144 valence electrons. The Morgan fingerprint density at radius 2 is 1.86 bits per heavy atom. The molecule has 0 aliphatic rings. The fourth-order valence-electron chi connectivity index (χ4n) is 2.76. The monoisotopic (exact) mass is 396 g/mol. The average Bonchev–Trinajstić information content (AvgIpc) is 3.20. The summed E-state index contributed by atoms with van der Waals surface area (Å²) in [6.07, 6.45) is 5.09. The largest absolute Gasteiger partial charge is 0.340 e. The molecule has 1 unspecified atom stereocenters. The number of amides is 2. The Hall–Kier alpha value is -3.12. The first kappa shape index (κ1) is 19.6. The molecular formula is C21H21ClN4O2. The number of carbonyl (C=O) groups excluding carboxylic acids is 2. The minimum atomic E-state index is -0.681. The van der Waals surface area contributed by atoms with Crippen molar-refractivity contribution in [1.82, 2.24) is 14.9 Å². The van der Waals surface area contributed by atoms with Crippen molar-refractivity contribution in [2.24, 2.45) is 5.92 Å². The van der Waals surface area contributed by atoms with Gasteiger partial charge in [0.05, 0.1) is 17.0 Å². The van der Waals surface area contributed by atoms with Crippen LogP contribution in [0.4, 0.5) is 5.69 Å². The number of nitrogens with one attached hydrogen (secondary N) is 2. The molecule has 0 fully saturated rings. The second-order valence-corrected chi connectivity index (χ2v) is 7.09. The second-order valence-electron chi connectivity index (χ2n) is 6.69. The average molecular weight is 397 g/mol. The molecule has 0 bridgehead atoms. The lowest BCUT2D eigenvalue weighted by Crippen LogP contribution is -2.47. The summed E-state index contributed by atoms with van der Waals surface area (Å²) in [4.78, 5) is 29.2. The summed E-state index contributed by atoms with van der Waals surface area (Å²) in [6.45, 7) is 3.76. The van der Waals surface area contributed by atoms with Gasteiger partial charge in [-0.25, -0.2) is 4.98 Å². The van der Waals surface area contributed by atoms with Gasteiger partial charge in [-0.05, 0) is 36.2 Å². The van der Waals surface area contributed by atoms with Crippen LogP contribution in [0, 0.1) is 5.92 Å². The number of imidazole rings is 1. The molecule has 28 heavy (non-hydrogen) atoms. The lowest BCUT2D eigenvalue weighted by molar-refractivity contribution is -0.118. The Kier molecular flexibility index (Phi) is 6.11. The summed E-state index contributed by atoms with van der Waals surface area (Å²) in [5.74, 6) is -0.679. The predicted molar refractivity (Wildman–Crippen MR) is 110 cm³/mol. The van der Waals surface area contributed by atoms with E-state index in [2.05, 4.69) is 15.6 Å². The molecule has 3 aromatic rings. The van der Waals surface area contributed by atoms with E-state index in [1.165, 1.54) is 0 Å². The molecule has 2 amide bonds. The lowest BCUT2D eigenvalue weighted by atomic mass is 10.0. The number of nitrogens with zero attached hydrogens (tertiary/aromatic N) is 2. The smallest absolute Gasteiger partial charge is 0.251 e. The lowest BCUT2D eigenvalue weighted by Gasteiger charge is -2.22. The van der Waals surface area contributed by atoms with Gasteiger partial charge in [0.25, 0.3) is 5.91 Å². The summed E-state index contributed by atoms with van der Waals surface area (Å²) < 4.78 is 1.78. The Bertz CT molecular complexity index is 956. The van der Waals surface area contributed by atoms with Crippen LogP contribution in [-0.4, -0.2) is 27.4 Å². The summed E-state index contributed by atoms with van der Waals surface area (Å²) >= 11 is 6.34. The van der Waals surface area contributed by atoms with Crippen molar-refractivity contribution < 1.29 is 9.59 Å². The third-order valence-electron chi connectivity index (χ3n) is 4.27. The third kappa shape index (κ3) is 4.58. The molecule has 0 saturated carbocycles. The zero-order valence-corrected chi connectivity index (χ0v) is 16.4. The van der Waals surface area contributed by atoms with Gasteiger partial charge in [-0.3, -0.25) is 9.59 Å². The zero-order valence-electron chi connectivity index (χ0n) is 15.6. The maximum Gasteiger partial charge on any atom is 0.251 e. The number of anilines is 1. The van der Waals surface area contributed by atoms with Gasteiger partial charge in [0.15, 0.2) is 0 Å². The van der Waals surface area contributed by atoms with Crippen molar-refractivity contribution in [2.75, 3.05) is 5.32 Å². The van der Waals surface area contributed by atoms with Gasteiger partial charge in [0, 0.05) is 23.6 Å². The van der Waals surface area contributed by atoms with E-state index in [4.69, 9.17) is 11.6 Å². The van der Waals surface area contributed by atoms with Crippen molar-refractivity contribution in [3.05, 3.63) is 77.8 Å². The van der Waals surface area contributed by atoms with Crippen LogP contribution in [0.3, 0.4) is 0 Å². The van der Waals surface area contributed by atoms with E-state index < -0.39 is 6.04 Å². The van der Waals surface area contributed by atoms with Gasteiger partial charge in [-0.1, -0.05) is 43.6 Å². The molecule has 2 N–H and O–H groups in total. The second kappa shape index (κ2) is 8.71. The van der Waals surface area contributed by atoms with E-state index in [1.807, 2.05) is 19.9 Å². The molecule has 0 radical (unpaired) electrons. The highest BCUT2D eigenvalue weighted by Gasteiger charge is 2.25. The SMILES string of the molecule is CC(C)C(NC(=O)c1ccccc1)C(=O)Nc1ccc(-n2ccnc2)c(Cl)c1.